The van der Waals surface area contributed by atoms with Gasteiger partial charge in [0, 0.05) is 7.11 Å². The first-order chi connectivity index (χ1) is 25.0. The van der Waals surface area contributed by atoms with Crippen LogP contribution in [-0.2, 0) is 61.6 Å². The summed E-state index contributed by atoms with van der Waals surface area (Å²) in [6, 6.07) is 0. The third-order valence-electron chi connectivity index (χ3n) is 6.48. The molecule has 0 aliphatic carbocycles. The number of hydrogen-bond donors (Lipinski definition) is 3. The maximum atomic E-state index is 9.21. The Hall–Kier alpha value is -0.640. The van der Waals surface area contributed by atoms with Gasteiger partial charge in [-0.2, -0.15) is 0 Å². The van der Waals surface area contributed by atoms with E-state index in [-0.39, 0.29) is 49.8 Å². The first kappa shape index (κ1) is 53.5. The van der Waals surface area contributed by atoms with Gasteiger partial charge in [-0.3, -0.25) is 0 Å². The molecule has 0 aliphatic rings. The van der Waals surface area contributed by atoms with Crippen LogP contribution in [0, 0.1) is 0 Å². The first-order valence-electron chi connectivity index (χ1n) is 18.6. The Bertz CT molecular complexity index is 660. The predicted octanol–water partition coefficient (Wildman–Crippen LogP) is 1.51. The van der Waals surface area contributed by atoms with Crippen LogP contribution in [0.2, 0.25) is 0 Å². The van der Waals surface area contributed by atoms with Gasteiger partial charge in [-0.15, -0.1) is 0 Å². The highest BCUT2D eigenvalue weighted by Crippen LogP contribution is 2.04. The second-order valence-corrected chi connectivity index (χ2v) is 12.3. The lowest BCUT2D eigenvalue weighted by atomic mass is 10.3. The lowest BCUT2D eigenvalue weighted by molar-refractivity contribution is -0.105. The second-order valence-electron chi connectivity index (χ2n) is 12.3. The number of ether oxygens (including phenoxy) is 13. The zero-order valence-corrected chi connectivity index (χ0v) is 33.5. The molecule has 0 radical (unpaired) electrons. The van der Waals surface area contributed by atoms with Crippen molar-refractivity contribution in [3.05, 3.63) is 0 Å². The molecule has 16 nitrogen and oxygen atoms in total. The average molecular weight is 765 g/mol. The highest BCUT2D eigenvalue weighted by molar-refractivity contribution is 4.58. The van der Waals surface area contributed by atoms with E-state index in [9.17, 15) is 5.11 Å². The van der Waals surface area contributed by atoms with Crippen molar-refractivity contribution in [2.45, 2.75) is 91.2 Å². The highest BCUT2D eigenvalue weighted by Gasteiger charge is 2.13. The molecule has 0 saturated heterocycles. The summed E-state index contributed by atoms with van der Waals surface area (Å²) in [5, 5.41) is 26.6. The van der Waals surface area contributed by atoms with Crippen molar-refractivity contribution < 1.29 is 76.9 Å². The van der Waals surface area contributed by atoms with Gasteiger partial charge < -0.3 is 76.9 Å². The fraction of sp³-hybridized carbons (Fsp3) is 1.00. The molecule has 0 amide bonds. The van der Waals surface area contributed by atoms with E-state index in [1.165, 1.54) is 0 Å². The van der Waals surface area contributed by atoms with Gasteiger partial charge >= 0.3 is 0 Å². The molecule has 0 bridgehead atoms. The monoisotopic (exact) mass is 765 g/mol. The fourth-order valence-electron chi connectivity index (χ4n) is 3.50. The van der Waals surface area contributed by atoms with Crippen LogP contribution in [0.3, 0.4) is 0 Å². The van der Waals surface area contributed by atoms with E-state index in [1.807, 2.05) is 41.5 Å². The van der Waals surface area contributed by atoms with Crippen molar-refractivity contribution in [3.8, 4) is 0 Å². The molecule has 7 atom stereocenters. The third-order valence-corrected chi connectivity index (χ3v) is 6.48. The van der Waals surface area contributed by atoms with Gasteiger partial charge in [-0.25, -0.2) is 0 Å². The largest absolute Gasteiger partial charge is 0.394 e. The molecule has 3 N–H and O–H groups in total. The average Bonchev–Trinajstić information content (AvgIpc) is 3.13. The van der Waals surface area contributed by atoms with Crippen LogP contribution in [0.4, 0.5) is 0 Å². The fourth-order valence-corrected chi connectivity index (χ4v) is 3.50. The number of aliphatic hydroxyl groups excluding tert-OH is 3. The molecule has 0 heterocycles. The summed E-state index contributed by atoms with van der Waals surface area (Å²) in [5.74, 6) is 0. The summed E-state index contributed by atoms with van der Waals surface area (Å²) in [5.41, 5.74) is 0. The Morgan fingerprint density at radius 1 is 0.346 bits per heavy atom. The minimum absolute atomic E-state index is 0.00355. The first-order valence-corrected chi connectivity index (χ1v) is 18.6. The summed E-state index contributed by atoms with van der Waals surface area (Å²) in [6.45, 7) is 22.7. The van der Waals surface area contributed by atoms with E-state index >= 15 is 0 Å². The van der Waals surface area contributed by atoms with Crippen LogP contribution in [0.5, 0.6) is 0 Å². The van der Waals surface area contributed by atoms with E-state index < -0.39 is 6.10 Å². The van der Waals surface area contributed by atoms with Crippen LogP contribution in [0.1, 0.15) is 48.5 Å². The summed E-state index contributed by atoms with van der Waals surface area (Å²) in [4.78, 5) is 0. The summed E-state index contributed by atoms with van der Waals surface area (Å²) in [6.07, 6.45) is -0.963. The molecular formula is C36H76O16. The standard InChI is InChI=1S/C21H44O8.C15H32O8/c1-15(23)9-24-17(3)11-26-19(5)13-28-21(7)14-29-20(6)12-27-18(4)10-25-16(2)8-22;1-17-4-5-19-8-9-21-12-13-23-15-14-22-11-10-20-7-6-18-3-2-16/h15-23H,8-14H2,1-7H3;16H,2-15H2,1H3. The zero-order chi connectivity index (χ0) is 39.1. The van der Waals surface area contributed by atoms with E-state index in [1.54, 1.807) is 14.0 Å². The molecule has 0 aliphatic heterocycles. The van der Waals surface area contributed by atoms with Gasteiger partial charge in [0.1, 0.15) is 0 Å². The number of aliphatic hydroxyl groups is 3. The molecule has 0 spiro atoms. The minimum atomic E-state index is -0.474. The molecule has 316 valence electrons. The summed E-state index contributed by atoms with van der Waals surface area (Å²) < 4.78 is 70.3. The van der Waals surface area contributed by atoms with Gasteiger partial charge in [-0.1, -0.05) is 0 Å². The quantitative estimate of drug-likeness (QED) is 0.0766. The maximum Gasteiger partial charge on any atom is 0.0781 e. The van der Waals surface area contributed by atoms with Crippen LogP contribution in [0.25, 0.3) is 0 Å². The minimum Gasteiger partial charge on any atom is -0.394 e. The predicted molar refractivity (Wildman–Crippen MR) is 195 cm³/mol. The Morgan fingerprint density at radius 2 is 0.596 bits per heavy atom. The Balaban J connectivity index is 0. The molecule has 0 aromatic rings. The van der Waals surface area contributed by atoms with Crippen LogP contribution < -0.4 is 0 Å². The molecule has 52 heavy (non-hydrogen) atoms. The van der Waals surface area contributed by atoms with E-state index in [0.29, 0.717) is 126 Å². The van der Waals surface area contributed by atoms with E-state index in [4.69, 9.17) is 71.8 Å². The van der Waals surface area contributed by atoms with Crippen molar-refractivity contribution in [1.29, 1.82) is 0 Å². The smallest absolute Gasteiger partial charge is 0.0781 e. The van der Waals surface area contributed by atoms with Gasteiger partial charge in [-0.05, 0) is 48.5 Å². The summed E-state index contributed by atoms with van der Waals surface area (Å²) >= 11 is 0. The highest BCUT2D eigenvalue weighted by atomic mass is 16.6. The molecular weight excluding hydrogens is 688 g/mol. The molecule has 0 aromatic heterocycles. The number of hydrogen-bond acceptors (Lipinski definition) is 16. The lowest BCUT2D eigenvalue weighted by Gasteiger charge is -2.22. The van der Waals surface area contributed by atoms with Crippen molar-refractivity contribution in [2.24, 2.45) is 0 Å². The van der Waals surface area contributed by atoms with Crippen molar-refractivity contribution >= 4 is 0 Å². The van der Waals surface area contributed by atoms with Gasteiger partial charge in [0.25, 0.3) is 0 Å². The molecule has 0 aromatic carbocycles. The molecule has 0 saturated carbocycles. The van der Waals surface area contributed by atoms with Gasteiger partial charge in [0.2, 0.25) is 0 Å². The molecule has 7 unspecified atom stereocenters. The van der Waals surface area contributed by atoms with E-state index in [0.717, 1.165) is 0 Å². The normalized spacial score (nSPS) is 15.8. The second kappa shape index (κ2) is 41.5. The Morgan fingerprint density at radius 3 is 0.846 bits per heavy atom. The van der Waals surface area contributed by atoms with Gasteiger partial charge in [0.05, 0.1) is 181 Å². The zero-order valence-electron chi connectivity index (χ0n) is 33.5. The maximum absolute atomic E-state index is 9.21. The third kappa shape index (κ3) is 43.8. The number of methoxy groups -OCH3 is 1. The molecule has 16 heteroatoms. The molecule has 0 rings (SSSR count). The Kier molecular flexibility index (Phi) is 42.7. The summed E-state index contributed by atoms with van der Waals surface area (Å²) in [7, 11) is 1.64. The van der Waals surface area contributed by atoms with Crippen molar-refractivity contribution in [2.75, 3.05) is 146 Å². The van der Waals surface area contributed by atoms with Crippen LogP contribution in [-0.4, -0.2) is 204 Å². The Labute approximate surface area is 313 Å². The van der Waals surface area contributed by atoms with E-state index in [2.05, 4.69) is 0 Å². The van der Waals surface area contributed by atoms with Crippen LogP contribution in [0.15, 0.2) is 0 Å². The van der Waals surface area contributed by atoms with Gasteiger partial charge in [0.15, 0.2) is 0 Å². The number of rotatable bonds is 39. The van der Waals surface area contributed by atoms with Crippen molar-refractivity contribution in [3.63, 3.8) is 0 Å². The SMILES string of the molecule is CC(O)COC(C)COC(C)COC(C)COC(C)COC(C)COC(C)CO.COCCOCCOCCOCCOCCOCCOCCO. The lowest BCUT2D eigenvalue weighted by Crippen LogP contribution is -2.30. The topological polar surface area (TPSA) is 181 Å². The molecule has 0 fully saturated rings. The van der Waals surface area contributed by atoms with Crippen molar-refractivity contribution in [1.82, 2.24) is 0 Å². The van der Waals surface area contributed by atoms with Crippen LogP contribution >= 0.6 is 0 Å².